The van der Waals surface area contributed by atoms with Crippen LogP contribution in [0.3, 0.4) is 0 Å². The zero-order chi connectivity index (χ0) is 28.6. The lowest BCUT2D eigenvalue weighted by Gasteiger charge is -2.39. The SMILES string of the molecule is CCCCCCCCCCCCCCCCOC1=C(OC2O[C@H](CO)[C@@H](O)[C@H](O)[C@H]2O)C(=O)O[C@@H]1[C@@H](O)CO. The molecule has 2 aliphatic rings. The van der Waals surface area contributed by atoms with E-state index in [1.54, 1.807) is 0 Å². The molecule has 0 radical (unpaired) electrons. The Bertz CT molecular complexity index is 714. The van der Waals surface area contributed by atoms with Crippen molar-refractivity contribution in [2.24, 2.45) is 0 Å². The van der Waals surface area contributed by atoms with Crippen LogP contribution in [0.25, 0.3) is 0 Å². The Morgan fingerprint density at radius 3 is 1.85 bits per heavy atom. The number of hydrogen-bond donors (Lipinski definition) is 6. The molecule has 6 N–H and O–H groups in total. The van der Waals surface area contributed by atoms with Gasteiger partial charge in [-0.3, -0.25) is 0 Å². The normalized spacial score (nSPS) is 28.0. The number of carbonyl (C=O) groups excluding carboxylic acids is 1. The van der Waals surface area contributed by atoms with Gasteiger partial charge in [-0.05, 0) is 6.42 Å². The van der Waals surface area contributed by atoms with Gasteiger partial charge in [-0.15, -0.1) is 0 Å². The highest BCUT2D eigenvalue weighted by molar-refractivity contribution is 5.89. The summed E-state index contributed by atoms with van der Waals surface area (Å²) in [7, 11) is 0. The van der Waals surface area contributed by atoms with E-state index in [2.05, 4.69) is 6.92 Å². The van der Waals surface area contributed by atoms with Crippen molar-refractivity contribution in [1.82, 2.24) is 0 Å². The first-order chi connectivity index (χ1) is 18.8. The molecule has 2 heterocycles. The lowest BCUT2D eigenvalue weighted by Crippen LogP contribution is -2.59. The summed E-state index contributed by atoms with van der Waals surface area (Å²) in [5, 5.41) is 59.1. The monoisotopic (exact) mass is 562 g/mol. The van der Waals surface area contributed by atoms with Crippen molar-refractivity contribution < 1.29 is 54.4 Å². The summed E-state index contributed by atoms with van der Waals surface area (Å²) in [4.78, 5) is 12.5. The predicted octanol–water partition coefficient (Wildman–Crippen LogP) is 1.79. The third-order valence-electron chi connectivity index (χ3n) is 7.28. The van der Waals surface area contributed by atoms with Crippen LogP contribution in [0.1, 0.15) is 96.8 Å². The molecule has 0 aromatic carbocycles. The lowest BCUT2D eigenvalue weighted by molar-refractivity contribution is -0.291. The van der Waals surface area contributed by atoms with Crippen LogP contribution in [-0.4, -0.2) is 99.3 Å². The van der Waals surface area contributed by atoms with Crippen LogP contribution in [0.4, 0.5) is 0 Å². The molecular formula is C28H50O11. The molecule has 0 aliphatic carbocycles. The van der Waals surface area contributed by atoms with E-state index in [0.717, 1.165) is 19.3 Å². The predicted molar refractivity (Wildman–Crippen MR) is 141 cm³/mol. The second-order valence-electron chi connectivity index (χ2n) is 10.5. The molecule has 7 atom stereocenters. The summed E-state index contributed by atoms with van der Waals surface area (Å²) in [6, 6.07) is 0. The highest BCUT2D eigenvalue weighted by Crippen LogP contribution is 2.31. The summed E-state index contributed by atoms with van der Waals surface area (Å²) >= 11 is 0. The third-order valence-corrected chi connectivity index (χ3v) is 7.28. The lowest BCUT2D eigenvalue weighted by atomic mass is 9.99. The van der Waals surface area contributed by atoms with E-state index in [9.17, 15) is 35.4 Å². The molecule has 1 saturated heterocycles. The van der Waals surface area contributed by atoms with Gasteiger partial charge < -0.3 is 49.6 Å². The Hall–Kier alpha value is -1.47. The Labute approximate surface area is 231 Å². The standard InChI is InChI=1S/C28H50O11/c1-2-3-4-5-6-7-8-9-10-11-12-13-14-15-16-36-25-24(19(31)17-29)38-27(35)26(25)39-28-23(34)22(33)21(32)20(18-30)37-28/h19-24,28-34H,2-18H2,1H3/t19-,20+,21+,22-,23+,24+,28?/m0/s1. The topological polar surface area (TPSA) is 175 Å². The molecule has 0 spiro atoms. The van der Waals surface area contributed by atoms with E-state index in [1.807, 2.05) is 0 Å². The number of aliphatic hydroxyl groups excluding tert-OH is 6. The summed E-state index contributed by atoms with van der Waals surface area (Å²) in [6.07, 6.45) is 6.19. The Morgan fingerprint density at radius 2 is 1.33 bits per heavy atom. The Morgan fingerprint density at radius 1 is 0.795 bits per heavy atom. The van der Waals surface area contributed by atoms with E-state index in [0.29, 0.717) is 6.42 Å². The molecule has 1 unspecified atom stereocenters. The van der Waals surface area contributed by atoms with Gasteiger partial charge in [0.05, 0.1) is 19.8 Å². The van der Waals surface area contributed by atoms with Gasteiger partial charge in [-0.2, -0.15) is 0 Å². The number of ether oxygens (including phenoxy) is 4. The van der Waals surface area contributed by atoms with E-state index in [1.165, 1.54) is 64.2 Å². The fraction of sp³-hybridized carbons (Fsp3) is 0.893. The molecule has 0 aromatic rings. The minimum Gasteiger partial charge on any atom is -0.490 e. The average Bonchev–Trinajstić information content (AvgIpc) is 3.25. The van der Waals surface area contributed by atoms with Gasteiger partial charge in [0.2, 0.25) is 12.0 Å². The quantitative estimate of drug-likeness (QED) is 0.0888. The van der Waals surface area contributed by atoms with Crippen LogP contribution < -0.4 is 0 Å². The van der Waals surface area contributed by atoms with Crippen molar-refractivity contribution in [3.8, 4) is 0 Å². The highest BCUT2D eigenvalue weighted by Gasteiger charge is 2.48. The van der Waals surface area contributed by atoms with Gasteiger partial charge in [-0.1, -0.05) is 90.4 Å². The molecule has 0 amide bonds. The number of esters is 1. The maximum atomic E-state index is 12.5. The minimum atomic E-state index is -1.74. The Balaban J connectivity index is 1.76. The van der Waals surface area contributed by atoms with E-state index >= 15 is 0 Å². The third kappa shape index (κ3) is 10.8. The first-order valence-corrected chi connectivity index (χ1v) is 14.7. The van der Waals surface area contributed by atoms with Gasteiger partial charge in [0.15, 0.2) is 11.9 Å². The van der Waals surface area contributed by atoms with E-state index in [-0.39, 0.29) is 12.4 Å². The number of carbonyl (C=O) groups is 1. The molecule has 1 fully saturated rings. The molecule has 0 bridgehead atoms. The van der Waals surface area contributed by atoms with Crippen molar-refractivity contribution in [2.45, 2.75) is 140 Å². The van der Waals surface area contributed by atoms with Crippen molar-refractivity contribution in [3.05, 3.63) is 11.5 Å². The van der Waals surface area contributed by atoms with Gasteiger partial charge >= 0.3 is 5.97 Å². The fourth-order valence-corrected chi connectivity index (χ4v) is 4.81. The molecule has 39 heavy (non-hydrogen) atoms. The maximum absolute atomic E-state index is 12.5. The van der Waals surface area contributed by atoms with Gasteiger partial charge in [0.1, 0.15) is 30.5 Å². The van der Waals surface area contributed by atoms with Crippen molar-refractivity contribution in [2.75, 3.05) is 19.8 Å². The molecule has 11 nitrogen and oxygen atoms in total. The molecule has 2 aliphatic heterocycles. The minimum absolute atomic E-state index is 0.145. The second kappa shape index (κ2) is 18.8. The van der Waals surface area contributed by atoms with Crippen molar-refractivity contribution in [3.63, 3.8) is 0 Å². The van der Waals surface area contributed by atoms with Crippen LogP contribution in [0.5, 0.6) is 0 Å². The van der Waals surface area contributed by atoms with Gasteiger partial charge in [0, 0.05) is 0 Å². The van der Waals surface area contributed by atoms with Crippen LogP contribution in [0.2, 0.25) is 0 Å². The van der Waals surface area contributed by atoms with Crippen LogP contribution in [-0.2, 0) is 23.7 Å². The molecule has 2 rings (SSSR count). The fourth-order valence-electron chi connectivity index (χ4n) is 4.81. The molecule has 228 valence electrons. The smallest absolute Gasteiger partial charge is 0.378 e. The summed E-state index contributed by atoms with van der Waals surface area (Å²) in [6.45, 7) is 1.08. The molecular weight excluding hydrogens is 512 g/mol. The van der Waals surface area contributed by atoms with Crippen LogP contribution in [0, 0.1) is 0 Å². The van der Waals surface area contributed by atoms with Gasteiger partial charge in [-0.25, -0.2) is 4.79 Å². The second-order valence-corrected chi connectivity index (χ2v) is 10.5. The molecule has 0 saturated carbocycles. The first kappa shape index (κ1) is 33.7. The zero-order valence-electron chi connectivity index (χ0n) is 23.3. The number of unbranched alkanes of at least 4 members (excludes halogenated alkanes) is 13. The molecule has 0 aromatic heterocycles. The zero-order valence-corrected chi connectivity index (χ0v) is 23.3. The first-order valence-electron chi connectivity index (χ1n) is 14.7. The number of cyclic esters (lactones) is 1. The van der Waals surface area contributed by atoms with Crippen LogP contribution in [0.15, 0.2) is 11.5 Å². The number of hydrogen-bond acceptors (Lipinski definition) is 11. The largest absolute Gasteiger partial charge is 0.490 e. The maximum Gasteiger partial charge on any atom is 0.378 e. The molecule has 11 heteroatoms. The Kier molecular flexibility index (Phi) is 16.3. The van der Waals surface area contributed by atoms with Gasteiger partial charge in [0.25, 0.3) is 0 Å². The number of aliphatic hydroxyl groups is 6. The summed E-state index contributed by atoms with van der Waals surface area (Å²) < 4.78 is 21.6. The number of rotatable bonds is 21. The average molecular weight is 563 g/mol. The van der Waals surface area contributed by atoms with Crippen molar-refractivity contribution >= 4 is 5.97 Å². The van der Waals surface area contributed by atoms with E-state index in [4.69, 9.17) is 18.9 Å². The summed E-state index contributed by atoms with van der Waals surface area (Å²) in [5.74, 6) is -1.61. The highest BCUT2D eigenvalue weighted by atomic mass is 16.7. The summed E-state index contributed by atoms with van der Waals surface area (Å²) in [5.41, 5.74) is 0. The van der Waals surface area contributed by atoms with Crippen molar-refractivity contribution in [1.29, 1.82) is 0 Å². The van der Waals surface area contributed by atoms with E-state index < -0.39 is 67.9 Å². The van der Waals surface area contributed by atoms with Crippen LogP contribution >= 0.6 is 0 Å².